The Kier molecular flexibility index (Phi) is 3.91. The van der Waals surface area contributed by atoms with E-state index in [1.807, 2.05) is 0 Å². The fraction of sp³-hybridized carbons (Fsp3) is 0.400. The first kappa shape index (κ1) is 13.0. The molecule has 3 N–H and O–H groups in total. The van der Waals surface area contributed by atoms with Crippen LogP contribution < -0.4 is 11.1 Å². The van der Waals surface area contributed by atoms with Gasteiger partial charge in [0.05, 0.1) is 17.1 Å². The molecule has 0 bridgehead atoms. The fourth-order valence-electron chi connectivity index (χ4n) is 1.31. The predicted octanol–water partition coefficient (Wildman–Crippen LogP) is 3.68. The largest absolute Gasteiger partial charge is 0.399 e. The number of alkyl halides is 3. The molecule has 90 valence electrons. The van der Waals surface area contributed by atoms with Crippen LogP contribution in [0.4, 0.5) is 24.5 Å². The first-order valence-corrected chi connectivity index (χ1v) is 5.04. The van der Waals surface area contributed by atoms with E-state index in [1.54, 1.807) is 12.1 Å². The van der Waals surface area contributed by atoms with E-state index < -0.39 is 18.6 Å². The number of hydrogen-bond acceptors (Lipinski definition) is 2. The average Bonchev–Trinajstić information content (AvgIpc) is 2.06. The number of benzene rings is 1. The van der Waals surface area contributed by atoms with Crippen molar-refractivity contribution in [3.05, 3.63) is 23.2 Å². The highest BCUT2D eigenvalue weighted by Crippen LogP contribution is 2.27. The Morgan fingerprint density at radius 1 is 1.44 bits per heavy atom. The molecular weight excluding hydrogens is 241 g/mol. The Hall–Kier alpha value is -1.10. The van der Waals surface area contributed by atoms with Crippen LogP contribution in [0.3, 0.4) is 0 Å². The van der Waals surface area contributed by atoms with E-state index in [0.29, 0.717) is 16.4 Å². The van der Waals surface area contributed by atoms with Gasteiger partial charge in [-0.05, 0) is 25.1 Å². The van der Waals surface area contributed by atoms with Gasteiger partial charge >= 0.3 is 6.18 Å². The zero-order valence-corrected chi connectivity index (χ0v) is 9.36. The predicted molar refractivity (Wildman–Crippen MR) is 59.6 cm³/mol. The molecule has 6 heteroatoms. The molecule has 0 saturated heterocycles. The lowest BCUT2D eigenvalue weighted by atomic mass is 10.2. The number of hydrogen-bond donors (Lipinski definition) is 2. The van der Waals surface area contributed by atoms with Crippen LogP contribution in [-0.4, -0.2) is 12.2 Å². The third kappa shape index (κ3) is 4.18. The molecule has 0 radical (unpaired) electrons. The smallest absolute Gasteiger partial charge is 0.391 e. The van der Waals surface area contributed by atoms with Crippen LogP contribution in [0.5, 0.6) is 0 Å². The van der Waals surface area contributed by atoms with E-state index in [0.717, 1.165) is 0 Å². The third-order valence-electron chi connectivity index (χ3n) is 1.93. The van der Waals surface area contributed by atoms with Gasteiger partial charge in [0.2, 0.25) is 0 Å². The van der Waals surface area contributed by atoms with E-state index >= 15 is 0 Å². The topological polar surface area (TPSA) is 38.0 Å². The maximum Gasteiger partial charge on any atom is 0.391 e. The standard InChI is InChI=1S/C10H12ClF3N2/c1-6(5-10(12,13)14)16-9-3-2-7(15)4-8(9)11/h2-4,6,16H,5,15H2,1H3. The van der Waals surface area contributed by atoms with E-state index in [1.165, 1.54) is 13.0 Å². The second kappa shape index (κ2) is 4.82. The first-order valence-electron chi connectivity index (χ1n) is 4.66. The second-order valence-electron chi connectivity index (χ2n) is 3.60. The number of nitrogens with one attached hydrogen (secondary N) is 1. The molecule has 0 aliphatic heterocycles. The van der Waals surface area contributed by atoms with Crippen LogP contribution in [0.25, 0.3) is 0 Å². The van der Waals surface area contributed by atoms with Gasteiger partial charge in [-0.1, -0.05) is 11.6 Å². The molecule has 16 heavy (non-hydrogen) atoms. The van der Waals surface area contributed by atoms with E-state index in [2.05, 4.69) is 5.32 Å². The normalized spacial score (nSPS) is 13.6. The average molecular weight is 253 g/mol. The summed E-state index contributed by atoms with van der Waals surface area (Å²) in [5, 5.41) is 3.00. The highest BCUT2D eigenvalue weighted by atomic mass is 35.5. The Morgan fingerprint density at radius 2 is 2.06 bits per heavy atom. The van der Waals surface area contributed by atoms with Crippen LogP contribution in [0.15, 0.2) is 18.2 Å². The van der Waals surface area contributed by atoms with Crippen molar-refractivity contribution < 1.29 is 13.2 Å². The van der Waals surface area contributed by atoms with E-state index in [9.17, 15) is 13.2 Å². The highest BCUT2D eigenvalue weighted by Gasteiger charge is 2.30. The molecule has 0 heterocycles. The van der Waals surface area contributed by atoms with Crippen LogP contribution >= 0.6 is 11.6 Å². The number of nitrogen functional groups attached to an aromatic ring is 1. The van der Waals surface area contributed by atoms with Crippen molar-refractivity contribution in [1.29, 1.82) is 0 Å². The van der Waals surface area contributed by atoms with Gasteiger partial charge in [-0.2, -0.15) is 13.2 Å². The van der Waals surface area contributed by atoms with Crippen molar-refractivity contribution in [2.45, 2.75) is 25.6 Å². The van der Waals surface area contributed by atoms with Gasteiger partial charge < -0.3 is 11.1 Å². The molecule has 0 aliphatic carbocycles. The van der Waals surface area contributed by atoms with Crippen LogP contribution in [0.2, 0.25) is 5.02 Å². The molecule has 0 fully saturated rings. The molecule has 1 atom stereocenters. The maximum atomic E-state index is 12.1. The summed E-state index contributed by atoms with van der Waals surface area (Å²) in [5.74, 6) is 0. The lowest BCUT2D eigenvalue weighted by Gasteiger charge is -2.18. The first-order chi connectivity index (χ1) is 7.28. The molecule has 0 aliphatic rings. The highest BCUT2D eigenvalue weighted by molar-refractivity contribution is 6.33. The Morgan fingerprint density at radius 3 is 2.56 bits per heavy atom. The Bertz CT molecular complexity index is 366. The van der Waals surface area contributed by atoms with Gasteiger partial charge in [0.15, 0.2) is 0 Å². The summed E-state index contributed by atoms with van der Waals surface area (Å²) in [6.07, 6.45) is -5.10. The Balaban J connectivity index is 2.66. The summed E-state index contributed by atoms with van der Waals surface area (Å²) in [4.78, 5) is 0. The van der Waals surface area contributed by atoms with Crippen molar-refractivity contribution in [2.75, 3.05) is 11.1 Å². The molecule has 0 spiro atoms. The van der Waals surface area contributed by atoms with Gasteiger partial charge in [-0.3, -0.25) is 0 Å². The zero-order valence-electron chi connectivity index (χ0n) is 8.61. The molecule has 1 aromatic carbocycles. The quantitative estimate of drug-likeness (QED) is 0.806. The van der Waals surface area contributed by atoms with Crippen LogP contribution in [-0.2, 0) is 0 Å². The minimum Gasteiger partial charge on any atom is -0.399 e. The monoisotopic (exact) mass is 252 g/mol. The van der Waals surface area contributed by atoms with Crippen molar-refractivity contribution in [2.24, 2.45) is 0 Å². The summed E-state index contributed by atoms with van der Waals surface area (Å²) < 4.78 is 36.2. The van der Waals surface area contributed by atoms with E-state index in [-0.39, 0.29) is 0 Å². The number of anilines is 2. The number of rotatable bonds is 3. The van der Waals surface area contributed by atoms with Gasteiger partial charge in [-0.15, -0.1) is 0 Å². The van der Waals surface area contributed by atoms with Crippen molar-refractivity contribution in [1.82, 2.24) is 0 Å². The molecule has 0 amide bonds. The minimum absolute atomic E-state index is 0.314. The number of nitrogens with two attached hydrogens (primary N) is 1. The SMILES string of the molecule is CC(CC(F)(F)F)Nc1ccc(N)cc1Cl. The summed E-state index contributed by atoms with van der Waals surface area (Å²) in [5.41, 5.74) is 6.39. The summed E-state index contributed by atoms with van der Waals surface area (Å²) >= 11 is 5.82. The molecule has 0 aromatic heterocycles. The van der Waals surface area contributed by atoms with Crippen LogP contribution in [0.1, 0.15) is 13.3 Å². The third-order valence-corrected chi connectivity index (χ3v) is 2.25. The molecule has 2 nitrogen and oxygen atoms in total. The van der Waals surface area contributed by atoms with Gasteiger partial charge in [0.1, 0.15) is 0 Å². The Labute approximate surface area is 96.6 Å². The zero-order chi connectivity index (χ0) is 12.3. The lowest BCUT2D eigenvalue weighted by molar-refractivity contribution is -0.136. The molecule has 1 unspecified atom stereocenters. The van der Waals surface area contributed by atoms with E-state index in [4.69, 9.17) is 17.3 Å². The van der Waals surface area contributed by atoms with Gasteiger partial charge in [0.25, 0.3) is 0 Å². The van der Waals surface area contributed by atoms with Gasteiger partial charge in [-0.25, -0.2) is 0 Å². The van der Waals surface area contributed by atoms with Gasteiger partial charge in [0, 0.05) is 11.7 Å². The minimum atomic E-state index is -4.19. The molecule has 0 saturated carbocycles. The molecule has 1 rings (SSSR count). The molecular formula is C10H12ClF3N2. The molecule has 1 aromatic rings. The van der Waals surface area contributed by atoms with Crippen LogP contribution in [0, 0.1) is 0 Å². The van der Waals surface area contributed by atoms with Crippen molar-refractivity contribution in [3.8, 4) is 0 Å². The van der Waals surface area contributed by atoms with Crippen molar-refractivity contribution >= 4 is 23.0 Å². The second-order valence-corrected chi connectivity index (χ2v) is 4.01. The maximum absolute atomic E-state index is 12.1. The lowest BCUT2D eigenvalue weighted by Crippen LogP contribution is -2.23. The number of halogens is 4. The summed E-state index contributed by atoms with van der Waals surface area (Å²) in [6, 6.07) is 3.89. The summed E-state index contributed by atoms with van der Waals surface area (Å²) in [6.45, 7) is 1.44. The van der Waals surface area contributed by atoms with Crippen molar-refractivity contribution in [3.63, 3.8) is 0 Å². The fourth-order valence-corrected chi connectivity index (χ4v) is 1.56. The summed E-state index contributed by atoms with van der Waals surface area (Å²) in [7, 11) is 0.